The van der Waals surface area contributed by atoms with Crippen LogP contribution in [0, 0.1) is 17.2 Å². The van der Waals surface area contributed by atoms with Crippen LogP contribution in [0.2, 0.25) is 5.02 Å². The van der Waals surface area contributed by atoms with Crippen LogP contribution in [-0.4, -0.2) is 12.7 Å². The second kappa shape index (κ2) is 5.61. The van der Waals surface area contributed by atoms with Crippen LogP contribution in [0.25, 0.3) is 0 Å². The van der Waals surface area contributed by atoms with Gasteiger partial charge in [0.1, 0.15) is 0 Å². The van der Waals surface area contributed by atoms with Crippen LogP contribution in [0.3, 0.4) is 0 Å². The minimum atomic E-state index is -4.52. The topological polar surface area (TPSA) is 35.8 Å². The molecule has 2 nitrogen and oxygen atoms in total. The van der Waals surface area contributed by atoms with Crippen LogP contribution in [-0.2, 0) is 0 Å². The van der Waals surface area contributed by atoms with Crippen molar-refractivity contribution in [2.75, 3.05) is 11.9 Å². The lowest BCUT2D eigenvalue weighted by Gasteiger charge is -2.14. The molecule has 0 aliphatic heterocycles. The summed E-state index contributed by atoms with van der Waals surface area (Å²) in [4.78, 5) is 0. The molecular formula is C10H7BrClF3N2. The first-order chi connectivity index (χ1) is 7.84. The molecule has 1 rings (SSSR count). The van der Waals surface area contributed by atoms with E-state index >= 15 is 0 Å². The number of nitriles is 1. The molecule has 0 bridgehead atoms. The number of nitrogens with one attached hydrogen (secondary N) is 1. The maximum Gasteiger partial charge on any atom is 0.406 e. The van der Waals surface area contributed by atoms with Crippen LogP contribution in [0.4, 0.5) is 18.9 Å². The molecule has 0 aliphatic rings. The van der Waals surface area contributed by atoms with Gasteiger partial charge in [-0.2, -0.15) is 18.4 Å². The van der Waals surface area contributed by atoms with Crippen molar-refractivity contribution in [3.63, 3.8) is 0 Å². The molecule has 1 unspecified atom stereocenters. The molecular weight excluding hydrogens is 320 g/mol. The van der Waals surface area contributed by atoms with E-state index in [0.29, 0.717) is 15.2 Å². The fraction of sp³-hybridized carbons (Fsp3) is 0.300. The van der Waals surface area contributed by atoms with Crippen LogP contribution in [0.1, 0.15) is 0 Å². The summed E-state index contributed by atoms with van der Waals surface area (Å²) in [6, 6.07) is 5.85. The van der Waals surface area contributed by atoms with Gasteiger partial charge in [-0.25, -0.2) is 0 Å². The van der Waals surface area contributed by atoms with E-state index in [1.54, 1.807) is 12.1 Å². The van der Waals surface area contributed by atoms with Gasteiger partial charge in [-0.3, -0.25) is 0 Å². The average Bonchev–Trinajstić information content (AvgIpc) is 2.22. The summed E-state index contributed by atoms with van der Waals surface area (Å²) in [6.07, 6.45) is -4.52. The molecule has 17 heavy (non-hydrogen) atoms. The average molecular weight is 328 g/mol. The predicted molar refractivity (Wildman–Crippen MR) is 62.8 cm³/mol. The standard InChI is InChI=1S/C10H7BrClF3N2/c11-8-3-7(1-2-9(8)12)17-5-6(4-16)10(13,14)15/h1-3,6,17H,5H2. The van der Waals surface area contributed by atoms with E-state index in [9.17, 15) is 13.2 Å². The van der Waals surface area contributed by atoms with Gasteiger partial charge in [0.05, 0.1) is 11.1 Å². The molecule has 0 saturated carbocycles. The van der Waals surface area contributed by atoms with Gasteiger partial charge < -0.3 is 5.32 Å². The van der Waals surface area contributed by atoms with Crippen molar-refractivity contribution in [1.82, 2.24) is 0 Å². The molecule has 0 fully saturated rings. The Bertz CT molecular complexity index is 442. The summed E-state index contributed by atoms with van der Waals surface area (Å²) in [6.45, 7) is -0.492. The molecule has 7 heteroatoms. The Kier molecular flexibility index (Phi) is 4.66. The lowest BCUT2D eigenvalue weighted by atomic mass is 10.1. The predicted octanol–water partition coefficient (Wildman–Crippen LogP) is 4.22. The quantitative estimate of drug-likeness (QED) is 0.902. The Morgan fingerprint density at radius 3 is 2.59 bits per heavy atom. The molecule has 92 valence electrons. The van der Waals surface area contributed by atoms with Gasteiger partial charge in [-0.15, -0.1) is 0 Å². The van der Waals surface area contributed by atoms with E-state index in [1.807, 2.05) is 0 Å². The monoisotopic (exact) mass is 326 g/mol. The molecule has 0 spiro atoms. The van der Waals surface area contributed by atoms with Crippen LogP contribution >= 0.6 is 27.5 Å². The van der Waals surface area contributed by atoms with Crippen molar-refractivity contribution in [1.29, 1.82) is 5.26 Å². The number of benzene rings is 1. The summed E-state index contributed by atoms with van der Waals surface area (Å²) in [5.41, 5.74) is 0.464. The number of alkyl halides is 3. The Hall–Kier alpha value is -0.930. The number of halogens is 5. The third kappa shape index (κ3) is 4.10. The van der Waals surface area contributed by atoms with Crippen molar-refractivity contribution in [2.45, 2.75) is 6.18 Å². The number of nitrogens with zero attached hydrogens (tertiary/aromatic N) is 1. The molecule has 0 saturated heterocycles. The van der Waals surface area contributed by atoms with Gasteiger partial charge in [0.25, 0.3) is 0 Å². The maximum absolute atomic E-state index is 12.3. The zero-order valence-electron chi connectivity index (χ0n) is 8.35. The van der Waals surface area contributed by atoms with Gasteiger partial charge in [0.15, 0.2) is 5.92 Å². The summed E-state index contributed by atoms with van der Waals surface area (Å²) < 4.78 is 37.4. The minimum absolute atomic E-state index is 0.461. The fourth-order valence-corrected chi connectivity index (χ4v) is 1.56. The molecule has 1 aromatic carbocycles. The smallest absolute Gasteiger partial charge is 0.383 e. The Labute approximate surface area is 110 Å². The van der Waals surface area contributed by atoms with Crippen molar-refractivity contribution >= 4 is 33.2 Å². The van der Waals surface area contributed by atoms with Gasteiger partial charge in [-0.1, -0.05) is 11.6 Å². The van der Waals surface area contributed by atoms with Crippen LogP contribution in [0.5, 0.6) is 0 Å². The summed E-state index contributed by atoms with van der Waals surface area (Å²) in [5, 5.41) is 11.4. The van der Waals surface area contributed by atoms with Gasteiger partial charge in [0.2, 0.25) is 0 Å². The summed E-state index contributed by atoms with van der Waals surface area (Å²) in [5.74, 6) is -2.03. The molecule has 0 amide bonds. The Balaban J connectivity index is 2.67. The highest BCUT2D eigenvalue weighted by Gasteiger charge is 2.39. The first-order valence-electron chi connectivity index (χ1n) is 4.50. The normalized spacial score (nSPS) is 12.9. The second-order valence-corrected chi connectivity index (χ2v) is 4.49. The van der Waals surface area contributed by atoms with Crippen LogP contribution in [0.15, 0.2) is 22.7 Å². The SMILES string of the molecule is N#CC(CNc1ccc(Cl)c(Br)c1)C(F)(F)F. The number of hydrogen-bond acceptors (Lipinski definition) is 2. The second-order valence-electron chi connectivity index (χ2n) is 3.23. The lowest BCUT2D eigenvalue weighted by Crippen LogP contribution is -2.28. The van der Waals surface area contributed by atoms with Crippen molar-refractivity contribution in [2.24, 2.45) is 5.92 Å². The van der Waals surface area contributed by atoms with Gasteiger partial charge >= 0.3 is 6.18 Å². The highest BCUT2D eigenvalue weighted by Crippen LogP contribution is 2.28. The molecule has 1 N–H and O–H groups in total. The molecule has 0 aliphatic carbocycles. The highest BCUT2D eigenvalue weighted by atomic mass is 79.9. The van der Waals surface area contributed by atoms with E-state index in [-0.39, 0.29) is 0 Å². The third-order valence-electron chi connectivity index (χ3n) is 1.98. The molecule has 0 radical (unpaired) electrons. The first-order valence-corrected chi connectivity index (χ1v) is 5.67. The maximum atomic E-state index is 12.3. The number of anilines is 1. The van der Waals surface area contributed by atoms with Crippen molar-refractivity contribution < 1.29 is 13.2 Å². The highest BCUT2D eigenvalue weighted by molar-refractivity contribution is 9.10. The minimum Gasteiger partial charge on any atom is -0.383 e. The fourth-order valence-electron chi connectivity index (χ4n) is 1.06. The Morgan fingerprint density at radius 1 is 1.47 bits per heavy atom. The van der Waals surface area contributed by atoms with E-state index in [0.717, 1.165) is 0 Å². The molecule has 1 aromatic rings. The zero-order chi connectivity index (χ0) is 13.1. The molecule has 0 aromatic heterocycles. The van der Waals surface area contributed by atoms with E-state index < -0.39 is 18.6 Å². The van der Waals surface area contributed by atoms with Crippen molar-refractivity contribution in [3.8, 4) is 6.07 Å². The summed E-state index contributed by atoms with van der Waals surface area (Å²) in [7, 11) is 0. The molecule has 1 atom stereocenters. The number of hydrogen-bond donors (Lipinski definition) is 1. The van der Waals surface area contributed by atoms with E-state index in [1.165, 1.54) is 12.1 Å². The van der Waals surface area contributed by atoms with E-state index in [4.69, 9.17) is 16.9 Å². The van der Waals surface area contributed by atoms with Crippen molar-refractivity contribution in [3.05, 3.63) is 27.7 Å². The summed E-state index contributed by atoms with van der Waals surface area (Å²) >= 11 is 8.89. The van der Waals surface area contributed by atoms with Gasteiger partial charge in [-0.05, 0) is 34.1 Å². The first kappa shape index (κ1) is 14.1. The lowest BCUT2D eigenvalue weighted by molar-refractivity contribution is -0.155. The third-order valence-corrected chi connectivity index (χ3v) is 3.19. The zero-order valence-corrected chi connectivity index (χ0v) is 10.7. The molecule has 0 heterocycles. The van der Waals surface area contributed by atoms with Crippen LogP contribution < -0.4 is 5.32 Å². The number of rotatable bonds is 3. The largest absolute Gasteiger partial charge is 0.406 e. The van der Waals surface area contributed by atoms with Gasteiger partial charge in [0, 0.05) is 16.7 Å². The van der Waals surface area contributed by atoms with E-state index in [2.05, 4.69) is 21.2 Å². The Morgan fingerprint density at radius 2 is 2.12 bits per heavy atom.